The highest BCUT2D eigenvalue weighted by Crippen LogP contribution is 2.44. The average molecular weight is 331 g/mol. The van der Waals surface area contributed by atoms with E-state index in [1.54, 1.807) is 24.3 Å². The number of aromatic carboxylic acids is 1. The second-order valence-corrected chi connectivity index (χ2v) is 6.25. The number of benzene rings is 2. The molecule has 4 heteroatoms. The molecule has 0 saturated carbocycles. The van der Waals surface area contributed by atoms with E-state index in [-0.39, 0.29) is 11.5 Å². The normalized spacial score (nSPS) is 18.1. The summed E-state index contributed by atoms with van der Waals surface area (Å²) >= 11 is 0. The lowest BCUT2D eigenvalue weighted by atomic mass is 9.84. The first kappa shape index (κ1) is 15.3. The highest BCUT2D eigenvalue weighted by atomic mass is 16.5. The minimum Gasteiger partial charge on any atom is -0.478 e. The van der Waals surface area contributed by atoms with Gasteiger partial charge in [0, 0.05) is 28.5 Å². The van der Waals surface area contributed by atoms with Crippen LogP contribution in [0.15, 0.2) is 72.0 Å². The first-order valence-corrected chi connectivity index (χ1v) is 8.09. The van der Waals surface area contributed by atoms with Crippen LogP contribution < -0.4 is 10.5 Å². The molecular formula is C21H17NO3. The molecule has 0 bridgehead atoms. The number of carboxylic acids is 1. The number of fused-ring (bicyclic) bond motifs is 2. The fourth-order valence-electron chi connectivity index (χ4n) is 3.28. The number of nitrogen functional groups attached to an aromatic ring is 1. The molecule has 0 amide bonds. The van der Waals surface area contributed by atoms with Crippen molar-refractivity contribution in [3.8, 4) is 5.75 Å². The second kappa shape index (κ2) is 5.67. The average Bonchev–Trinajstić information content (AvgIpc) is 2.59. The smallest absolute Gasteiger partial charge is 0.336 e. The molecule has 1 atom stereocenters. The Hall–Kier alpha value is -3.27. The summed E-state index contributed by atoms with van der Waals surface area (Å²) in [4.78, 5) is 11.7. The lowest BCUT2D eigenvalue weighted by Gasteiger charge is -2.28. The number of allylic oxidation sites excluding steroid dienone is 3. The minimum absolute atomic E-state index is 0.248. The summed E-state index contributed by atoms with van der Waals surface area (Å²) < 4.78 is 6.06. The molecule has 4 nitrogen and oxygen atoms in total. The third-order valence-corrected chi connectivity index (χ3v) is 4.44. The van der Waals surface area contributed by atoms with Crippen LogP contribution in [0.5, 0.6) is 5.75 Å². The van der Waals surface area contributed by atoms with Gasteiger partial charge in [-0.25, -0.2) is 4.79 Å². The van der Waals surface area contributed by atoms with Crippen molar-refractivity contribution in [2.45, 2.75) is 6.92 Å². The van der Waals surface area contributed by atoms with Gasteiger partial charge in [0.05, 0.1) is 5.56 Å². The summed E-state index contributed by atoms with van der Waals surface area (Å²) in [6, 6.07) is 12.5. The summed E-state index contributed by atoms with van der Waals surface area (Å²) in [5, 5.41) is 9.62. The Balaban J connectivity index is 2.06. The van der Waals surface area contributed by atoms with Crippen molar-refractivity contribution in [3.63, 3.8) is 0 Å². The van der Waals surface area contributed by atoms with E-state index in [1.165, 1.54) is 0 Å². The van der Waals surface area contributed by atoms with E-state index in [9.17, 15) is 9.90 Å². The number of ether oxygens (including phenoxy) is 1. The Morgan fingerprint density at radius 1 is 1.16 bits per heavy atom. The topological polar surface area (TPSA) is 72.5 Å². The Morgan fingerprint density at radius 2 is 1.96 bits per heavy atom. The van der Waals surface area contributed by atoms with Crippen LogP contribution in [0.2, 0.25) is 0 Å². The summed E-state index contributed by atoms with van der Waals surface area (Å²) in [7, 11) is 0. The van der Waals surface area contributed by atoms with Gasteiger partial charge in [0.15, 0.2) is 0 Å². The van der Waals surface area contributed by atoms with E-state index in [4.69, 9.17) is 10.5 Å². The third kappa shape index (κ3) is 2.52. The summed E-state index contributed by atoms with van der Waals surface area (Å²) in [5.74, 6) is 0.680. The summed E-state index contributed by atoms with van der Waals surface area (Å²) in [6.07, 6.45) is 6.12. The third-order valence-electron chi connectivity index (χ3n) is 4.44. The Morgan fingerprint density at radius 3 is 2.76 bits per heavy atom. The first-order valence-electron chi connectivity index (χ1n) is 8.09. The van der Waals surface area contributed by atoms with E-state index in [1.807, 2.05) is 30.4 Å². The zero-order chi connectivity index (χ0) is 17.6. The fourth-order valence-corrected chi connectivity index (χ4v) is 3.28. The quantitative estimate of drug-likeness (QED) is 0.807. The monoisotopic (exact) mass is 331 g/mol. The highest BCUT2D eigenvalue weighted by molar-refractivity contribution is 6.00. The SMILES string of the molecule is CC1C=CC2=C(c3ccccc3C(=O)O)c3ccc(N)cc3OC2=C1. The van der Waals surface area contributed by atoms with E-state index in [0.29, 0.717) is 17.0 Å². The lowest BCUT2D eigenvalue weighted by molar-refractivity contribution is 0.0696. The number of anilines is 1. The van der Waals surface area contributed by atoms with Crippen LogP contribution in [-0.4, -0.2) is 11.1 Å². The number of rotatable bonds is 2. The Bertz CT molecular complexity index is 982. The van der Waals surface area contributed by atoms with Crippen LogP contribution in [0.1, 0.15) is 28.4 Å². The maximum absolute atomic E-state index is 11.7. The molecular weight excluding hydrogens is 314 g/mol. The molecule has 0 spiro atoms. The molecule has 1 aliphatic carbocycles. The van der Waals surface area contributed by atoms with E-state index < -0.39 is 5.97 Å². The first-order chi connectivity index (χ1) is 12.0. The van der Waals surface area contributed by atoms with Crippen molar-refractivity contribution in [2.75, 3.05) is 5.73 Å². The summed E-state index contributed by atoms with van der Waals surface area (Å²) in [5.41, 5.74) is 10.0. The number of carboxylic acid groups (broad SMARTS) is 1. The largest absolute Gasteiger partial charge is 0.478 e. The summed E-state index contributed by atoms with van der Waals surface area (Å²) in [6.45, 7) is 2.07. The van der Waals surface area contributed by atoms with Crippen molar-refractivity contribution in [1.29, 1.82) is 0 Å². The van der Waals surface area contributed by atoms with Gasteiger partial charge in [0.25, 0.3) is 0 Å². The maximum Gasteiger partial charge on any atom is 0.336 e. The molecule has 1 aliphatic heterocycles. The molecule has 1 heterocycles. The lowest BCUT2D eigenvalue weighted by Crippen LogP contribution is -2.15. The van der Waals surface area contributed by atoms with Crippen LogP contribution >= 0.6 is 0 Å². The van der Waals surface area contributed by atoms with Gasteiger partial charge in [0.2, 0.25) is 0 Å². The van der Waals surface area contributed by atoms with Crippen LogP contribution in [0.4, 0.5) is 5.69 Å². The zero-order valence-corrected chi connectivity index (χ0v) is 13.7. The van der Waals surface area contributed by atoms with E-state index in [2.05, 4.69) is 13.0 Å². The van der Waals surface area contributed by atoms with Crippen LogP contribution in [0.3, 0.4) is 0 Å². The van der Waals surface area contributed by atoms with Crippen LogP contribution in [-0.2, 0) is 0 Å². The van der Waals surface area contributed by atoms with E-state index >= 15 is 0 Å². The van der Waals surface area contributed by atoms with Gasteiger partial charge in [-0.2, -0.15) is 0 Å². The number of carbonyl (C=O) groups is 1. The van der Waals surface area contributed by atoms with Crippen molar-refractivity contribution < 1.29 is 14.6 Å². The number of nitrogens with two attached hydrogens (primary N) is 1. The van der Waals surface area contributed by atoms with E-state index in [0.717, 1.165) is 22.5 Å². The molecule has 2 aliphatic rings. The molecule has 3 N–H and O–H groups in total. The van der Waals surface area contributed by atoms with Crippen LogP contribution in [0.25, 0.3) is 5.57 Å². The van der Waals surface area contributed by atoms with Crippen molar-refractivity contribution in [2.24, 2.45) is 5.92 Å². The van der Waals surface area contributed by atoms with Crippen molar-refractivity contribution in [3.05, 3.63) is 88.7 Å². The molecule has 2 aromatic rings. The molecule has 2 aromatic carbocycles. The molecule has 4 rings (SSSR count). The van der Waals surface area contributed by atoms with Gasteiger partial charge < -0.3 is 15.6 Å². The van der Waals surface area contributed by atoms with Crippen molar-refractivity contribution >= 4 is 17.2 Å². The molecule has 1 unspecified atom stereocenters. The second-order valence-electron chi connectivity index (χ2n) is 6.25. The molecule has 0 radical (unpaired) electrons. The van der Waals surface area contributed by atoms with Gasteiger partial charge in [-0.15, -0.1) is 0 Å². The van der Waals surface area contributed by atoms with Gasteiger partial charge in [-0.05, 0) is 35.8 Å². The fraction of sp³-hybridized carbons (Fsp3) is 0.0952. The molecule has 0 aromatic heterocycles. The highest BCUT2D eigenvalue weighted by Gasteiger charge is 2.28. The van der Waals surface area contributed by atoms with Gasteiger partial charge >= 0.3 is 5.97 Å². The van der Waals surface area contributed by atoms with Gasteiger partial charge in [-0.1, -0.05) is 37.3 Å². The van der Waals surface area contributed by atoms with Crippen molar-refractivity contribution in [1.82, 2.24) is 0 Å². The Kier molecular flexibility index (Phi) is 3.46. The molecule has 124 valence electrons. The predicted molar refractivity (Wildman–Crippen MR) is 97.3 cm³/mol. The molecule has 25 heavy (non-hydrogen) atoms. The molecule has 0 saturated heterocycles. The van der Waals surface area contributed by atoms with Crippen LogP contribution in [0, 0.1) is 5.92 Å². The number of hydrogen-bond donors (Lipinski definition) is 2. The van der Waals surface area contributed by atoms with Gasteiger partial charge in [0.1, 0.15) is 11.5 Å². The number of hydrogen-bond acceptors (Lipinski definition) is 3. The zero-order valence-electron chi connectivity index (χ0n) is 13.7. The minimum atomic E-state index is -0.953. The molecule has 0 fully saturated rings. The Labute approximate surface area is 145 Å². The standard InChI is InChI=1S/C21H17NO3/c1-12-6-8-16-18(10-12)25-19-11-13(22)7-9-17(19)20(16)14-4-2-3-5-15(14)21(23)24/h2-12H,22H2,1H3,(H,23,24). The van der Waals surface area contributed by atoms with Gasteiger partial charge in [-0.3, -0.25) is 0 Å². The predicted octanol–water partition coefficient (Wildman–Crippen LogP) is 4.25. The maximum atomic E-state index is 11.7.